The van der Waals surface area contributed by atoms with E-state index in [4.69, 9.17) is 5.73 Å². The lowest BCUT2D eigenvalue weighted by atomic mass is 10.2. The molecule has 0 radical (unpaired) electrons. The van der Waals surface area contributed by atoms with Crippen molar-refractivity contribution in [3.05, 3.63) is 41.0 Å². The molecule has 0 bridgehead atoms. The zero-order chi connectivity index (χ0) is 14.3. The highest BCUT2D eigenvalue weighted by Crippen LogP contribution is 2.39. The summed E-state index contributed by atoms with van der Waals surface area (Å²) in [5, 5.41) is 3.23. The lowest BCUT2D eigenvalue weighted by Gasteiger charge is -2.13. The number of benzene rings is 1. The summed E-state index contributed by atoms with van der Waals surface area (Å²) in [7, 11) is 0. The van der Waals surface area contributed by atoms with Gasteiger partial charge in [-0.05, 0) is 50.5 Å². The maximum atomic E-state index is 13.1. The zero-order valence-electron chi connectivity index (χ0n) is 11.6. The van der Waals surface area contributed by atoms with E-state index >= 15 is 0 Å². The SMILES string of the molecule is Cc1cc(F)ccc1Nc1nc(C2CC2)nc(N)c1C. The second-order valence-electron chi connectivity index (χ2n) is 5.30. The van der Waals surface area contributed by atoms with Gasteiger partial charge in [-0.25, -0.2) is 14.4 Å². The van der Waals surface area contributed by atoms with Crippen molar-refractivity contribution in [2.45, 2.75) is 32.6 Å². The van der Waals surface area contributed by atoms with Crippen LogP contribution in [0.15, 0.2) is 18.2 Å². The molecule has 0 unspecified atom stereocenters. The molecule has 5 heteroatoms. The largest absolute Gasteiger partial charge is 0.383 e. The van der Waals surface area contributed by atoms with Crippen molar-refractivity contribution in [1.29, 1.82) is 0 Å². The standard InChI is InChI=1S/C15H17FN4/c1-8-7-11(16)5-6-12(8)18-14-9(2)13(17)19-15(20-14)10-3-4-10/h5-7,10H,3-4H2,1-2H3,(H3,17,18,19,20). The van der Waals surface area contributed by atoms with E-state index in [-0.39, 0.29) is 5.82 Å². The van der Waals surface area contributed by atoms with E-state index in [1.54, 1.807) is 6.07 Å². The Bertz CT molecular complexity index is 665. The van der Waals surface area contributed by atoms with Gasteiger partial charge in [-0.3, -0.25) is 0 Å². The average Bonchev–Trinajstić information content (AvgIpc) is 3.22. The number of nitrogen functional groups attached to an aromatic ring is 1. The summed E-state index contributed by atoms with van der Waals surface area (Å²) in [5.74, 6) is 2.20. The molecule has 1 saturated carbocycles. The van der Waals surface area contributed by atoms with Gasteiger partial charge in [0.2, 0.25) is 0 Å². The van der Waals surface area contributed by atoms with E-state index in [1.165, 1.54) is 12.1 Å². The lowest BCUT2D eigenvalue weighted by Crippen LogP contribution is -2.07. The Morgan fingerprint density at radius 3 is 2.65 bits per heavy atom. The predicted octanol–water partition coefficient (Wildman–Crippen LogP) is 3.44. The molecule has 0 aliphatic heterocycles. The molecule has 104 valence electrons. The second-order valence-corrected chi connectivity index (χ2v) is 5.30. The quantitative estimate of drug-likeness (QED) is 0.898. The van der Waals surface area contributed by atoms with Crippen molar-refractivity contribution in [2.75, 3.05) is 11.1 Å². The molecule has 20 heavy (non-hydrogen) atoms. The van der Waals surface area contributed by atoms with Crippen LogP contribution in [0.25, 0.3) is 0 Å². The highest BCUT2D eigenvalue weighted by molar-refractivity contribution is 5.66. The maximum absolute atomic E-state index is 13.1. The Labute approximate surface area is 117 Å². The molecule has 1 fully saturated rings. The number of halogens is 1. The summed E-state index contributed by atoms with van der Waals surface area (Å²) in [4.78, 5) is 8.90. The first kappa shape index (κ1) is 12.8. The van der Waals surface area contributed by atoms with Crippen molar-refractivity contribution in [3.8, 4) is 0 Å². The first-order valence-corrected chi connectivity index (χ1v) is 6.72. The van der Waals surface area contributed by atoms with Crippen LogP contribution in [0.5, 0.6) is 0 Å². The third-order valence-electron chi connectivity index (χ3n) is 3.58. The summed E-state index contributed by atoms with van der Waals surface area (Å²) >= 11 is 0. The van der Waals surface area contributed by atoms with Crippen LogP contribution in [0, 0.1) is 19.7 Å². The van der Waals surface area contributed by atoms with E-state index in [1.807, 2.05) is 13.8 Å². The fourth-order valence-corrected chi connectivity index (χ4v) is 2.09. The number of aryl methyl sites for hydroxylation is 1. The van der Waals surface area contributed by atoms with Crippen molar-refractivity contribution >= 4 is 17.3 Å². The van der Waals surface area contributed by atoms with Crippen LogP contribution in [-0.4, -0.2) is 9.97 Å². The maximum Gasteiger partial charge on any atom is 0.139 e. The molecule has 0 saturated heterocycles. The summed E-state index contributed by atoms with van der Waals surface area (Å²) in [6, 6.07) is 4.63. The van der Waals surface area contributed by atoms with Crippen molar-refractivity contribution < 1.29 is 4.39 Å². The van der Waals surface area contributed by atoms with Crippen LogP contribution in [0.4, 0.5) is 21.7 Å². The van der Waals surface area contributed by atoms with Gasteiger partial charge in [0.1, 0.15) is 23.3 Å². The van der Waals surface area contributed by atoms with Gasteiger partial charge in [0.25, 0.3) is 0 Å². The fraction of sp³-hybridized carbons (Fsp3) is 0.333. The Balaban J connectivity index is 1.97. The Morgan fingerprint density at radius 2 is 2.00 bits per heavy atom. The minimum absolute atomic E-state index is 0.245. The number of hydrogen-bond acceptors (Lipinski definition) is 4. The minimum Gasteiger partial charge on any atom is -0.383 e. The highest BCUT2D eigenvalue weighted by Gasteiger charge is 2.28. The Morgan fingerprint density at radius 1 is 1.25 bits per heavy atom. The van der Waals surface area contributed by atoms with Gasteiger partial charge in [-0.2, -0.15) is 0 Å². The van der Waals surface area contributed by atoms with Crippen LogP contribution >= 0.6 is 0 Å². The zero-order valence-corrected chi connectivity index (χ0v) is 11.6. The van der Waals surface area contributed by atoms with Gasteiger partial charge in [0.05, 0.1) is 0 Å². The van der Waals surface area contributed by atoms with E-state index in [0.29, 0.717) is 17.6 Å². The predicted molar refractivity (Wildman–Crippen MR) is 77.6 cm³/mol. The monoisotopic (exact) mass is 272 g/mol. The van der Waals surface area contributed by atoms with Gasteiger partial charge >= 0.3 is 0 Å². The Kier molecular flexibility index (Phi) is 3.04. The highest BCUT2D eigenvalue weighted by atomic mass is 19.1. The van der Waals surface area contributed by atoms with Crippen molar-refractivity contribution in [2.24, 2.45) is 0 Å². The molecule has 4 nitrogen and oxygen atoms in total. The van der Waals surface area contributed by atoms with Crippen LogP contribution in [-0.2, 0) is 0 Å². The molecule has 2 aromatic rings. The number of rotatable bonds is 3. The van der Waals surface area contributed by atoms with Crippen LogP contribution in [0.3, 0.4) is 0 Å². The van der Waals surface area contributed by atoms with Crippen LogP contribution in [0.2, 0.25) is 0 Å². The molecular formula is C15H17FN4. The Hall–Kier alpha value is -2.17. The molecule has 1 aliphatic rings. The van der Waals surface area contributed by atoms with E-state index in [2.05, 4.69) is 15.3 Å². The summed E-state index contributed by atoms with van der Waals surface area (Å²) in [5.41, 5.74) is 8.43. The molecule has 0 spiro atoms. The molecule has 1 aromatic carbocycles. The number of nitrogens with one attached hydrogen (secondary N) is 1. The summed E-state index contributed by atoms with van der Waals surface area (Å²) < 4.78 is 13.1. The van der Waals surface area contributed by atoms with Gasteiger partial charge in [-0.1, -0.05) is 0 Å². The average molecular weight is 272 g/mol. The third-order valence-corrected chi connectivity index (χ3v) is 3.58. The van der Waals surface area contributed by atoms with E-state index < -0.39 is 0 Å². The lowest BCUT2D eigenvalue weighted by molar-refractivity contribution is 0.627. The smallest absolute Gasteiger partial charge is 0.139 e. The van der Waals surface area contributed by atoms with E-state index in [0.717, 1.165) is 35.5 Å². The molecule has 3 N–H and O–H groups in total. The first-order valence-electron chi connectivity index (χ1n) is 6.72. The molecule has 1 aromatic heterocycles. The van der Waals surface area contributed by atoms with Crippen molar-refractivity contribution in [1.82, 2.24) is 9.97 Å². The number of anilines is 3. The second kappa shape index (κ2) is 4.74. The molecular weight excluding hydrogens is 255 g/mol. The number of nitrogens with two attached hydrogens (primary N) is 1. The molecule has 0 amide bonds. The molecule has 0 atom stereocenters. The fourth-order valence-electron chi connectivity index (χ4n) is 2.09. The van der Waals surface area contributed by atoms with Gasteiger partial charge in [0, 0.05) is 17.2 Å². The van der Waals surface area contributed by atoms with Crippen LogP contribution < -0.4 is 11.1 Å². The molecule has 1 aliphatic carbocycles. The molecule has 3 rings (SSSR count). The molecule has 1 heterocycles. The number of nitrogens with zero attached hydrogens (tertiary/aromatic N) is 2. The first-order chi connectivity index (χ1) is 9.54. The topological polar surface area (TPSA) is 63.8 Å². The van der Waals surface area contributed by atoms with Crippen LogP contribution in [0.1, 0.15) is 35.7 Å². The normalized spacial score (nSPS) is 14.3. The minimum atomic E-state index is -0.245. The van der Waals surface area contributed by atoms with Gasteiger partial charge < -0.3 is 11.1 Å². The summed E-state index contributed by atoms with van der Waals surface area (Å²) in [6.45, 7) is 3.74. The van der Waals surface area contributed by atoms with Crippen molar-refractivity contribution in [3.63, 3.8) is 0 Å². The van der Waals surface area contributed by atoms with Gasteiger partial charge in [-0.15, -0.1) is 0 Å². The summed E-state index contributed by atoms with van der Waals surface area (Å²) in [6.07, 6.45) is 2.25. The van der Waals surface area contributed by atoms with Gasteiger partial charge in [0.15, 0.2) is 0 Å². The number of aromatic nitrogens is 2. The van der Waals surface area contributed by atoms with E-state index in [9.17, 15) is 4.39 Å². The number of hydrogen-bond donors (Lipinski definition) is 2. The third kappa shape index (κ3) is 2.43.